The normalized spacial score (nSPS) is 27.9. The predicted molar refractivity (Wildman–Crippen MR) is 61.6 cm³/mol. The molecule has 0 aromatic heterocycles. The van der Waals surface area contributed by atoms with Crippen molar-refractivity contribution in [3.8, 4) is 0 Å². The van der Waals surface area contributed by atoms with Gasteiger partial charge in [-0.2, -0.15) is 0 Å². The van der Waals surface area contributed by atoms with Crippen LogP contribution in [-0.4, -0.2) is 44.5 Å². The molecule has 0 aromatic carbocycles. The van der Waals surface area contributed by atoms with Crippen molar-refractivity contribution in [1.82, 2.24) is 4.90 Å². The number of rotatable bonds is 3. The van der Waals surface area contributed by atoms with Crippen molar-refractivity contribution >= 4 is 9.84 Å². The van der Waals surface area contributed by atoms with Crippen molar-refractivity contribution < 1.29 is 8.42 Å². The number of nitrogens with zero attached hydrogens (tertiary/aromatic N) is 1. The molecule has 1 aliphatic heterocycles. The van der Waals surface area contributed by atoms with Crippen LogP contribution in [0.1, 0.15) is 32.1 Å². The minimum Gasteiger partial charge on any atom is -0.303 e. The van der Waals surface area contributed by atoms with Crippen molar-refractivity contribution in [2.24, 2.45) is 5.92 Å². The molecule has 1 aliphatic carbocycles. The maximum atomic E-state index is 11.3. The summed E-state index contributed by atoms with van der Waals surface area (Å²) in [4.78, 5) is 2.39. The van der Waals surface area contributed by atoms with Gasteiger partial charge in [0.05, 0.1) is 11.5 Å². The largest absolute Gasteiger partial charge is 0.303 e. The third-order valence-electron chi connectivity index (χ3n) is 3.92. The van der Waals surface area contributed by atoms with Gasteiger partial charge >= 0.3 is 0 Å². The Kier molecular flexibility index (Phi) is 3.36. The molecular weight excluding hydrogens is 210 g/mol. The van der Waals surface area contributed by atoms with Crippen molar-refractivity contribution in [2.45, 2.75) is 38.1 Å². The standard InChI is InChI=1S/C11H21NO2S/c1-12(9-10-3-2-4-10)11-5-7-15(13,14)8-6-11/h10-11H,2-9H2,1H3. The molecule has 2 fully saturated rings. The lowest BCUT2D eigenvalue weighted by Gasteiger charge is -2.36. The summed E-state index contributed by atoms with van der Waals surface area (Å²) in [6.45, 7) is 1.17. The lowest BCUT2D eigenvalue weighted by Crippen LogP contribution is -2.42. The summed E-state index contributed by atoms with van der Waals surface area (Å²) in [5, 5.41) is 0. The van der Waals surface area contributed by atoms with Crippen LogP contribution in [0.5, 0.6) is 0 Å². The van der Waals surface area contributed by atoms with E-state index in [1.807, 2.05) is 0 Å². The van der Waals surface area contributed by atoms with Gasteiger partial charge < -0.3 is 4.90 Å². The average molecular weight is 231 g/mol. The maximum absolute atomic E-state index is 11.3. The van der Waals surface area contributed by atoms with E-state index in [9.17, 15) is 8.42 Å². The predicted octanol–water partition coefficient (Wildman–Crippen LogP) is 1.30. The molecule has 1 saturated heterocycles. The Balaban J connectivity index is 1.78. The number of hydrogen-bond acceptors (Lipinski definition) is 3. The quantitative estimate of drug-likeness (QED) is 0.734. The number of sulfone groups is 1. The van der Waals surface area contributed by atoms with Crippen LogP contribution in [0.2, 0.25) is 0 Å². The summed E-state index contributed by atoms with van der Waals surface area (Å²) >= 11 is 0. The summed E-state index contributed by atoms with van der Waals surface area (Å²) in [6, 6.07) is 0.508. The monoisotopic (exact) mass is 231 g/mol. The minimum absolute atomic E-state index is 0.396. The summed E-state index contributed by atoms with van der Waals surface area (Å²) in [5.74, 6) is 1.67. The lowest BCUT2D eigenvalue weighted by molar-refractivity contribution is 0.154. The summed E-state index contributed by atoms with van der Waals surface area (Å²) in [6.07, 6.45) is 5.80. The SMILES string of the molecule is CN(CC1CCC1)C1CCS(=O)(=O)CC1. The zero-order valence-corrected chi connectivity index (χ0v) is 10.3. The molecule has 88 valence electrons. The van der Waals surface area contributed by atoms with Crippen molar-refractivity contribution in [1.29, 1.82) is 0 Å². The Morgan fingerprint density at radius 1 is 1.13 bits per heavy atom. The van der Waals surface area contributed by atoms with Crippen molar-refractivity contribution in [3.05, 3.63) is 0 Å². The Morgan fingerprint density at radius 3 is 2.20 bits per heavy atom. The molecule has 2 aliphatic rings. The molecule has 0 amide bonds. The molecule has 0 aromatic rings. The molecule has 0 radical (unpaired) electrons. The molecule has 4 heteroatoms. The first kappa shape index (κ1) is 11.4. The molecule has 1 heterocycles. The first-order valence-electron chi connectivity index (χ1n) is 5.97. The second kappa shape index (κ2) is 4.42. The Bertz CT molecular complexity index is 295. The van der Waals surface area contributed by atoms with E-state index in [0.29, 0.717) is 17.5 Å². The van der Waals surface area contributed by atoms with E-state index in [0.717, 1.165) is 18.8 Å². The van der Waals surface area contributed by atoms with Crippen LogP contribution in [0.15, 0.2) is 0 Å². The molecule has 3 nitrogen and oxygen atoms in total. The number of hydrogen-bond donors (Lipinski definition) is 0. The molecule has 15 heavy (non-hydrogen) atoms. The lowest BCUT2D eigenvalue weighted by atomic mass is 9.85. The molecule has 0 atom stereocenters. The fraction of sp³-hybridized carbons (Fsp3) is 1.00. The van der Waals surface area contributed by atoms with Gasteiger partial charge in [0.2, 0.25) is 0 Å². The zero-order chi connectivity index (χ0) is 10.9. The van der Waals surface area contributed by atoms with E-state index in [1.165, 1.54) is 25.8 Å². The van der Waals surface area contributed by atoms with E-state index in [2.05, 4.69) is 11.9 Å². The van der Waals surface area contributed by atoms with Crippen LogP contribution in [0.4, 0.5) is 0 Å². The van der Waals surface area contributed by atoms with Gasteiger partial charge in [-0.25, -0.2) is 8.42 Å². The van der Waals surface area contributed by atoms with Crippen LogP contribution in [0.25, 0.3) is 0 Å². The van der Waals surface area contributed by atoms with Crippen LogP contribution in [0, 0.1) is 5.92 Å². The van der Waals surface area contributed by atoms with E-state index in [-0.39, 0.29) is 0 Å². The average Bonchev–Trinajstić information content (AvgIpc) is 2.11. The summed E-state index contributed by atoms with van der Waals surface area (Å²) in [5.41, 5.74) is 0. The van der Waals surface area contributed by atoms with Crippen LogP contribution < -0.4 is 0 Å². The molecular formula is C11H21NO2S. The highest BCUT2D eigenvalue weighted by atomic mass is 32.2. The van der Waals surface area contributed by atoms with Crippen molar-refractivity contribution in [2.75, 3.05) is 25.1 Å². The second-order valence-electron chi connectivity index (χ2n) is 5.12. The van der Waals surface area contributed by atoms with Gasteiger partial charge in [-0.1, -0.05) is 6.42 Å². The first-order valence-corrected chi connectivity index (χ1v) is 7.79. The Hall–Kier alpha value is -0.0900. The van der Waals surface area contributed by atoms with Crippen LogP contribution in [-0.2, 0) is 9.84 Å². The highest BCUT2D eigenvalue weighted by Gasteiger charge is 2.28. The highest BCUT2D eigenvalue weighted by molar-refractivity contribution is 7.91. The zero-order valence-electron chi connectivity index (χ0n) is 9.48. The van der Waals surface area contributed by atoms with Gasteiger partial charge in [0, 0.05) is 12.6 Å². The van der Waals surface area contributed by atoms with Crippen LogP contribution >= 0.6 is 0 Å². The van der Waals surface area contributed by atoms with Gasteiger partial charge in [-0.15, -0.1) is 0 Å². The second-order valence-corrected chi connectivity index (χ2v) is 7.42. The van der Waals surface area contributed by atoms with Gasteiger partial charge in [-0.3, -0.25) is 0 Å². The smallest absolute Gasteiger partial charge is 0.150 e. The van der Waals surface area contributed by atoms with Gasteiger partial charge in [0.1, 0.15) is 9.84 Å². The van der Waals surface area contributed by atoms with E-state index in [1.54, 1.807) is 0 Å². The van der Waals surface area contributed by atoms with Gasteiger partial charge in [0.25, 0.3) is 0 Å². The van der Waals surface area contributed by atoms with E-state index in [4.69, 9.17) is 0 Å². The first-order chi connectivity index (χ1) is 7.07. The van der Waals surface area contributed by atoms with Gasteiger partial charge in [0.15, 0.2) is 0 Å². The third-order valence-corrected chi connectivity index (χ3v) is 5.63. The third kappa shape index (κ3) is 2.94. The Labute approximate surface area is 92.8 Å². The summed E-state index contributed by atoms with van der Waals surface area (Å²) in [7, 11) is -0.542. The minimum atomic E-state index is -2.70. The highest BCUT2D eigenvalue weighted by Crippen LogP contribution is 2.28. The van der Waals surface area contributed by atoms with E-state index < -0.39 is 9.84 Å². The van der Waals surface area contributed by atoms with Gasteiger partial charge in [-0.05, 0) is 38.6 Å². The topological polar surface area (TPSA) is 37.4 Å². The maximum Gasteiger partial charge on any atom is 0.150 e. The molecule has 0 N–H and O–H groups in total. The fourth-order valence-electron chi connectivity index (χ4n) is 2.55. The van der Waals surface area contributed by atoms with E-state index >= 15 is 0 Å². The molecule has 0 spiro atoms. The molecule has 1 saturated carbocycles. The summed E-state index contributed by atoms with van der Waals surface area (Å²) < 4.78 is 22.6. The fourth-order valence-corrected chi connectivity index (χ4v) is 4.02. The Morgan fingerprint density at radius 2 is 1.73 bits per heavy atom. The molecule has 0 bridgehead atoms. The molecule has 0 unspecified atom stereocenters. The molecule has 2 rings (SSSR count). The van der Waals surface area contributed by atoms with Crippen LogP contribution in [0.3, 0.4) is 0 Å². The van der Waals surface area contributed by atoms with Crippen molar-refractivity contribution in [3.63, 3.8) is 0 Å².